The zero-order chi connectivity index (χ0) is 40.0. The minimum absolute atomic E-state index is 0.281. The van der Waals surface area contributed by atoms with E-state index in [4.69, 9.17) is 18.9 Å². The third kappa shape index (κ3) is 9.68. The van der Waals surface area contributed by atoms with E-state index in [-0.39, 0.29) is 12.0 Å². The maximum atomic E-state index is 10.6. The smallest absolute Gasteiger partial charge is 0.185 e. The Labute approximate surface area is 338 Å². The number of fused-ring (bicyclic) bond motifs is 3. The Bertz CT molecular complexity index is 1710. The van der Waals surface area contributed by atoms with Crippen LogP contribution in [0.15, 0.2) is 60.7 Å². The molecule has 3 aromatic rings. The van der Waals surface area contributed by atoms with Gasteiger partial charge < -0.3 is 54.7 Å². The Morgan fingerprint density at radius 1 is 0.607 bits per heavy atom. The molecule has 2 fully saturated rings. The number of hydrogen-bond donors (Lipinski definition) is 7. The first-order valence-corrected chi connectivity index (χ1v) is 21.8. The van der Waals surface area contributed by atoms with Gasteiger partial charge in [-0.1, -0.05) is 72.6 Å². The van der Waals surface area contributed by atoms with Gasteiger partial charge in [0.15, 0.2) is 6.29 Å². The molecule has 2 heterocycles. The van der Waals surface area contributed by atoms with Crippen LogP contribution >= 0.6 is 23.5 Å². The maximum absolute atomic E-state index is 10.6. The van der Waals surface area contributed by atoms with Crippen LogP contribution in [0.3, 0.4) is 0 Å². The van der Waals surface area contributed by atoms with Gasteiger partial charge in [-0.25, -0.2) is 0 Å². The molecule has 3 aliphatic rings. The second-order valence-electron chi connectivity index (χ2n) is 15.4. The molecule has 308 valence electrons. The molecule has 0 amide bonds. The Morgan fingerprint density at radius 3 is 1.79 bits per heavy atom. The molecule has 13 heteroatoms. The van der Waals surface area contributed by atoms with Crippen LogP contribution in [-0.4, -0.2) is 134 Å². The van der Waals surface area contributed by atoms with Gasteiger partial charge in [-0.05, 0) is 79.0 Å². The van der Waals surface area contributed by atoms with Crippen LogP contribution < -0.4 is 0 Å². The summed E-state index contributed by atoms with van der Waals surface area (Å²) >= 11 is 2.66. The number of thioether (sulfide) groups is 2. The van der Waals surface area contributed by atoms with Crippen molar-refractivity contribution in [2.75, 3.05) is 44.5 Å². The zero-order valence-corrected chi connectivity index (χ0v) is 34.0. The lowest BCUT2D eigenvalue weighted by Crippen LogP contribution is -2.56. The van der Waals surface area contributed by atoms with Crippen LogP contribution in [0, 0.1) is 19.8 Å². The van der Waals surface area contributed by atoms with E-state index in [1.54, 1.807) is 6.92 Å². The van der Waals surface area contributed by atoms with Gasteiger partial charge in [-0.15, -0.1) is 23.5 Å². The van der Waals surface area contributed by atoms with Gasteiger partial charge in [0.2, 0.25) is 0 Å². The van der Waals surface area contributed by atoms with E-state index in [9.17, 15) is 35.7 Å². The van der Waals surface area contributed by atoms with Crippen LogP contribution in [-0.2, 0) is 24.4 Å². The predicted molar refractivity (Wildman–Crippen MR) is 218 cm³/mol. The van der Waals surface area contributed by atoms with Crippen molar-refractivity contribution in [1.82, 2.24) is 0 Å². The van der Waals surface area contributed by atoms with Gasteiger partial charge in [0.1, 0.15) is 35.3 Å². The summed E-state index contributed by atoms with van der Waals surface area (Å²) in [6, 6.07) is 22.2. The highest BCUT2D eigenvalue weighted by molar-refractivity contribution is 8.00. The van der Waals surface area contributed by atoms with Crippen molar-refractivity contribution in [1.29, 1.82) is 0 Å². The summed E-state index contributed by atoms with van der Waals surface area (Å²) in [6.07, 6.45) is -5.08. The standard InChI is InChI=1S/C43H58O11S2/c1-25-6-9-28(10-7-25)29-11-13-31-30-12-8-26(2)22-32(30)43(33(31)23-29,15-5-17-52-19-21-56-42-39(49)37(47)38(48)40(50)54-42)14-4-16-51-18-20-55-41-36(46)27(3)35(45)34(24-44)53-41/h6-13,22-23,27,34-42,44-50H,4-5,14-21,24H2,1-3H3. The fourth-order valence-electron chi connectivity index (χ4n) is 8.18. The van der Waals surface area contributed by atoms with Crippen molar-refractivity contribution in [2.24, 2.45) is 5.92 Å². The largest absolute Gasteiger partial charge is 0.394 e. The van der Waals surface area contributed by atoms with Crippen molar-refractivity contribution in [2.45, 2.75) is 106 Å². The molecule has 11 atom stereocenters. The summed E-state index contributed by atoms with van der Waals surface area (Å²) in [4.78, 5) is 0. The van der Waals surface area contributed by atoms with Crippen LogP contribution in [0.25, 0.3) is 22.3 Å². The number of ether oxygens (including phenoxy) is 4. The first kappa shape index (κ1) is 43.5. The Hall–Kier alpha value is -2.08. The summed E-state index contributed by atoms with van der Waals surface area (Å²) in [5, 5.41) is 70.5. The molecule has 7 N–H and O–H groups in total. The first-order valence-electron chi connectivity index (χ1n) is 19.7. The Kier molecular flexibility index (Phi) is 15.4. The zero-order valence-electron chi connectivity index (χ0n) is 32.4. The Balaban J connectivity index is 1.11. The lowest BCUT2D eigenvalue weighted by Gasteiger charge is -2.40. The summed E-state index contributed by atoms with van der Waals surface area (Å²) in [7, 11) is 0. The number of benzene rings is 3. The number of aliphatic hydroxyl groups is 7. The van der Waals surface area contributed by atoms with Crippen molar-refractivity contribution < 1.29 is 54.7 Å². The lowest BCUT2D eigenvalue weighted by molar-refractivity contribution is -0.261. The van der Waals surface area contributed by atoms with Crippen molar-refractivity contribution in [3.8, 4) is 22.3 Å². The molecule has 6 rings (SSSR count). The molecule has 0 radical (unpaired) electrons. The van der Waals surface area contributed by atoms with Gasteiger partial charge in [-0.2, -0.15) is 0 Å². The molecule has 0 saturated carbocycles. The van der Waals surface area contributed by atoms with Crippen molar-refractivity contribution in [3.63, 3.8) is 0 Å². The third-order valence-corrected chi connectivity index (χ3v) is 13.7. The van der Waals surface area contributed by atoms with Gasteiger partial charge >= 0.3 is 0 Å². The van der Waals surface area contributed by atoms with E-state index < -0.39 is 59.7 Å². The highest BCUT2D eigenvalue weighted by Gasteiger charge is 2.45. The maximum Gasteiger partial charge on any atom is 0.185 e. The SMILES string of the molecule is Cc1ccc(-c2ccc3c(c2)C(CCCOCCSC2OC(CO)C(O)C(C)C2O)(CCCOCCSC2OC(O)C(O)C(O)C2O)c2cc(C)ccc2-3)cc1. The van der Waals surface area contributed by atoms with Gasteiger partial charge in [-0.3, -0.25) is 0 Å². The fraction of sp³-hybridized carbons (Fsp3) is 0.581. The van der Waals surface area contributed by atoms with E-state index in [1.807, 2.05) is 0 Å². The molecule has 11 unspecified atom stereocenters. The van der Waals surface area contributed by atoms with Crippen molar-refractivity contribution in [3.05, 3.63) is 82.9 Å². The fourth-order valence-corrected chi connectivity index (χ4v) is 10.3. The minimum atomic E-state index is -1.56. The van der Waals surface area contributed by atoms with E-state index in [1.165, 1.54) is 68.0 Å². The van der Waals surface area contributed by atoms with Gasteiger partial charge in [0.05, 0.1) is 32.0 Å². The predicted octanol–water partition coefficient (Wildman–Crippen LogP) is 4.13. The first-order chi connectivity index (χ1) is 26.9. The highest BCUT2D eigenvalue weighted by atomic mass is 32.2. The van der Waals surface area contributed by atoms with E-state index in [0.29, 0.717) is 37.9 Å². The number of rotatable bonds is 18. The van der Waals surface area contributed by atoms with Gasteiger partial charge in [0, 0.05) is 36.1 Å². The summed E-state index contributed by atoms with van der Waals surface area (Å²) < 4.78 is 23.3. The number of aryl methyl sites for hydroxylation is 2. The monoisotopic (exact) mass is 814 g/mol. The lowest BCUT2D eigenvalue weighted by atomic mass is 9.71. The minimum Gasteiger partial charge on any atom is -0.394 e. The molecule has 0 aromatic heterocycles. The third-order valence-electron chi connectivity index (χ3n) is 11.5. The number of aliphatic hydroxyl groups excluding tert-OH is 7. The van der Waals surface area contributed by atoms with E-state index in [2.05, 4.69) is 74.5 Å². The summed E-state index contributed by atoms with van der Waals surface area (Å²) in [5.74, 6) is 0.666. The molecule has 3 aromatic carbocycles. The topological polar surface area (TPSA) is 179 Å². The number of hydrogen-bond acceptors (Lipinski definition) is 13. The second kappa shape index (κ2) is 19.8. The molecule has 2 aliphatic heterocycles. The molecule has 1 aliphatic carbocycles. The van der Waals surface area contributed by atoms with Crippen LogP contribution in [0.5, 0.6) is 0 Å². The molecule has 2 saturated heterocycles. The Morgan fingerprint density at radius 2 is 1.16 bits per heavy atom. The summed E-state index contributed by atoms with van der Waals surface area (Å²) in [5.41, 5.74) is 8.19. The molecule has 0 spiro atoms. The quantitative estimate of drug-likeness (QED) is 0.0914. The second-order valence-corrected chi connectivity index (χ2v) is 17.8. The van der Waals surface area contributed by atoms with Crippen LogP contribution in [0.4, 0.5) is 0 Å². The molecular weight excluding hydrogens is 757 g/mol. The average molecular weight is 815 g/mol. The summed E-state index contributed by atoms with van der Waals surface area (Å²) in [6.45, 7) is 7.63. The normalized spacial score (nSPS) is 31.3. The average Bonchev–Trinajstić information content (AvgIpc) is 3.45. The molecule has 0 bridgehead atoms. The molecular formula is C43H58O11S2. The van der Waals surface area contributed by atoms with Gasteiger partial charge in [0.25, 0.3) is 0 Å². The molecule has 11 nitrogen and oxygen atoms in total. The van der Waals surface area contributed by atoms with Crippen LogP contribution in [0.2, 0.25) is 0 Å². The molecule has 56 heavy (non-hydrogen) atoms. The van der Waals surface area contributed by atoms with Crippen molar-refractivity contribution >= 4 is 23.5 Å². The van der Waals surface area contributed by atoms with E-state index in [0.717, 1.165) is 25.7 Å². The van der Waals surface area contributed by atoms with Crippen LogP contribution in [0.1, 0.15) is 54.9 Å². The van der Waals surface area contributed by atoms with E-state index >= 15 is 0 Å². The highest BCUT2D eigenvalue weighted by Crippen LogP contribution is 2.55.